The largest absolute Gasteiger partial charge is 0.454 e. The van der Waals surface area contributed by atoms with E-state index in [4.69, 9.17) is 16.0 Å². The lowest BCUT2D eigenvalue weighted by atomic mass is 10.2. The van der Waals surface area contributed by atoms with Crippen molar-refractivity contribution in [3.05, 3.63) is 35.0 Å². The summed E-state index contributed by atoms with van der Waals surface area (Å²) in [6.07, 6.45) is 3.89. The van der Waals surface area contributed by atoms with Crippen LogP contribution in [0.15, 0.2) is 33.2 Å². The molecule has 0 aliphatic rings. The van der Waals surface area contributed by atoms with Gasteiger partial charge in [-0.2, -0.15) is 0 Å². The zero-order valence-corrected chi connectivity index (χ0v) is 13.6. The number of aryl methyl sites for hydroxylation is 1. The van der Waals surface area contributed by atoms with Gasteiger partial charge in [-0.25, -0.2) is 9.50 Å². The van der Waals surface area contributed by atoms with Crippen LogP contribution in [0.2, 0.25) is 5.02 Å². The first kappa shape index (κ1) is 13.2. The minimum Gasteiger partial charge on any atom is -0.454 e. The second-order valence-corrected chi connectivity index (χ2v) is 7.09. The molecule has 0 N–H and O–H groups in total. The number of thioether (sulfide) groups is 1. The van der Waals surface area contributed by atoms with Crippen molar-refractivity contribution in [3.8, 4) is 11.5 Å². The summed E-state index contributed by atoms with van der Waals surface area (Å²) >= 11 is 9.33. The van der Waals surface area contributed by atoms with Crippen molar-refractivity contribution in [1.82, 2.24) is 14.6 Å². The standard InChI is InChI=1S/C14H10ClN3OS2/c1-7-3-11-8(4-9(7)15)5-12(19-11)10-6-18-13(16-10)21-14(17-18)20-2/h3-6H,1-2H3. The summed E-state index contributed by atoms with van der Waals surface area (Å²) in [7, 11) is 0. The molecule has 0 atom stereocenters. The Kier molecular flexibility index (Phi) is 2.99. The lowest BCUT2D eigenvalue weighted by Gasteiger charge is -1.95. The van der Waals surface area contributed by atoms with Gasteiger partial charge in [0.2, 0.25) is 4.96 Å². The fourth-order valence-electron chi connectivity index (χ4n) is 2.17. The van der Waals surface area contributed by atoms with Crippen LogP contribution < -0.4 is 0 Å². The number of rotatable bonds is 2. The van der Waals surface area contributed by atoms with Crippen LogP contribution in [0.5, 0.6) is 0 Å². The highest BCUT2D eigenvalue weighted by atomic mass is 35.5. The molecule has 0 aliphatic heterocycles. The van der Waals surface area contributed by atoms with Crippen molar-refractivity contribution in [2.75, 3.05) is 6.26 Å². The summed E-state index contributed by atoms with van der Waals surface area (Å²) in [5.41, 5.74) is 2.61. The number of hydrogen-bond donors (Lipinski definition) is 0. The molecule has 21 heavy (non-hydrogen) atoms. The van der Waals surface area contributed by atoms with Gasteiger partial charge in [0.05, 0.1) is 6.20 Å². The maximum absolute atomic E-state index is 6.15. The van der Waals surface area contributed by atoms with Crippen LogP contribution in [0, 0.1) is 6.92 Å². The predicted octanol–water partition coefficient (Wildman–Crippen LogP) is 4.89. The molecule has 0 amide bonds. The minimum atomic E-state index is 0.732. The van der Waals surface area contributed by atoms with Crippen molar-refractivity contribution in [3.63, 3.8) is 0 Å². The number of furan rings is 1. The first-order chi connectivity index (χ1) is 10.1. The maximum atomic E-state index is 6.15. The molecule has 0 bridgehead atoms. The summed E-state index contributed by atoms with van der Waals surface area (Å²) in [5, 5.41) is 6.16. The molecule has 0 unspecified atom stereocenters. The van der Waals surface area contributed by atoms with Crippen LogP contribution in [-0.4, -0.2) is 20.9 Å². The summed E-state index contributed by atoms with van der Waals surface area (Å²) in [5.74, 6) is 0.732. The molecule has 3 heterocycles. The number of fused-ring (bicyclic) bond motifs is 2. The molecule has 106 valence electrons. The number of imidazole rings is 1. The van der Waals surface area contributed by atoms with Crippen LogP contribution >= 0.6 is 34.7 Å². The summed E-state index contributed by atoms with van der Waals surface area (Å²) in [4.78, 5) is 5.44. The molecule has 3 aromatic heterocycles. The molecule has 4 rings (SSSR count). The van der Waals surface area contributed by atoms with E-state index in [2.05, 4.69) is 10.1 Å². The summed E-state index contributed by atoms with van der Waals surface area (Å²) in [6.45, 7) is 1.96. The van der Waals surface area contributed by atoms with Gasteiger partial charge >= 0.3 is 0 Å². The van der Waals surface area contributed by atoms with Crippen molar-refractivity contribution in [2.45, 2.75) is 11.3 Å². The zero-order valence-electron chi connectivity index (χ0n) is 11.3. The number of hydrogen-bond acceptors (Lipinski definition) is 5. The Labute approximate surface area is 133 Å². The second-order valence-electron chi connectivity index (χ2n) is 4.68. The molecule has 0 saturated heterocycles. The van der Waals surface area contributed by atoms with E-state index in [1.165, 1.54) is 0 Å². The van der Waals surface area contributed by atoms with E-state index in [9.17, 15) is 0 Å². The summed E-state index contributed by atoms with van der Waals surface area (Å²) < 4.78 is 8.67. The highest BCUT2D eigenvalue weighted by Crippen LogP contribution is 2.32. The fourth-order valence-corrected chi connectivity index (χ4v) is 3.68. The molecule has 0 fully saturated rings. The lowest BCUT2D eigenvalue weighted by Crippen LogP contribution is -1.79. The predicted molar refractivity (Wildman–Crippen MR) is 87.6 cm³/mol. The van der Waals surface area contributed by atoms with E-state index >= 15 is 0 Å². The average molecular weight is 336 g/mol. The van der Waals surface area contributed by atoms with E-state index in [1.54, 1.807) is 27.6 Å². The third kappa shape index (κ3) is 2.14. The van der Waals surface area contributed by atoms with E-state index in [-0.39, 0.29) is 0 Å². The number of nitrogens with zero attached hydrogens (tertiary/aromatic N) is 3. The highest BCUT2D eigenvalue weighted by Gasteiger charge is 2.13. The number of benzene rings is 1. The smallest absolute Gasteiger partial charge is 0.213 e. The molecule has 0 aliphatic carbocycles. The Morgan fingerprint density at radius 3 is 2.95 bits per heavy atom. The van der Waals surface area contributed by atoms with Gasteiger partial charge in [0, 0.05) is 10.4 Å². The molecular weight excluding hydrogens is 326 g/mol. The Bertz CT molecular complexity index is 899. The molecule has 0 radical (unpaired) electrons. The van der Waals surface area contributed by atoms with Gasteiger partial charge in [-0.1, -0.05) is 34.7 Å². The van der Waals surface area contributed by atoms with Gasteiger partial charge in [-0.3, -0.25) is 0 Å². The Morgan fingerprint density at radius 1 is 1.33 bits per heavy atom. The van der Waals surface area contributed by atoms with Crippen molar-refractivity contribution >= 4 is 50.6 Å². The van der Waals surface area contributed by atoms with Gasteiger partial charge < -0.3 is 4.42 Å². The van der Waals surface area contributed by atoms with Crippen molar-refractivity contribution in [1.29, 1.82) is 0 Å². The highest BCUT2D eigenvalue weighted by molar-refractivity contribution is 8.00. The first-order valence-electron chi connectivity index (χ1n) is 6.24. The fraction of sp³-hybridized carbons (Fsp3) is 0.143. The maximum Gasteiger partial charge on any atom is 0.213 e. The Morgan fingerprint density at radius 2 is 2.19 bits per heavy atom. The Hall–Kier alpha value is -1.50. The lowest BCUT2D eigenvalue weighted by molar-refractivity contribution is 0.629. The second kappa shape index (κ2) is 4.76. The zero-order chi connectivity index (χ0) is 14.6. The van der Waals surface area contributed by atoms with Crippen molar-refractivity contribution in [2.24, 2.45) is 0 Å². The van der Waals surface area contributed by atoms with Crippen molar-refractivity contribution < 1.29 is 4.42 Å². The minimum absolute atomic E-state index is 0.732. The van der Waals surface area contributed by atoms with Gasteiger partial charge in [0.25, 0.3) is 0 Å². The van der Waals surface area contributed by atoms with Gasteiger partial charge in [-0.05, 0) is 36.9 Å². The monoisotopic (exact) mass is 335 g/mol. The van der Waals surface area contributed by atoms with Crippen LogP contribution in [0.1, 0.15) is 5.56 Å². The van der Waals surface area contributed by atoms with E-state index in [1.807, 2.05) is 37.6 Å². The quantitative estimate of drug-likeness (QED) is 0.489. The SMILES string of the molecule is CSc1nn2cc(-c3cc4cc(Cl)c(C)cc4o3)nc2s1. The van der Waals surface area contributed by atoms with Crippen LogP contribution in [0.3, 0.4) is 0 Å². The topological polar surface area (TPSA) is 43.3 Å². The van der Waals surface area contributed by atoms with Crippen LogP contribution in [0.25, 0.3) is 27.4 Å². The van der Waals surface area contributed by atoms with Gasteiger partial charge in [0.15, 0.2) is 10.1 Å². The third-order valence-electron chi connectivity index (χ3n) is 3.25. The van der Waals surface area contributed by atoms with Crippen LogP contribution in [-0.2, 0) is 0 Å². The number of halogens is 1. The van der Waals surface area contributed by atoms with E-state index < -0.39 is 0 Å². The number of aromatic nitrogens is 3. The molecule has 1 aromatic carbocycles. The molecule has 7 heteroatoms. The average Bonchev–Trinajstić information content (AvgIpc) is 3.10. The van der Waals surface area contributed by atoms with Gasteiger partial charge in [-0.15, -0.1) is 5.10 Å². The molecule has 4 aromatic rings. The van der Waals surface area contributed by atoms with E-state index in [0.29, 0.717) is 0 Å². The third-order valence-corrected chi connectivity index (χ3v) is 5.55. The van der Waals surface area contributed by atoms with Gasteiger partial charge in [0.1, 0.15) is 11.3 Å². The molecular formula is C14H10ClN3OS2. The molecule has 4 nitrogen and oxygen atoms in total. The Balaban J connectivity index is 1.85. The normalized spacial score (nSPS) is 11.8. The molecule has 0 spiro atoms. The van der Waals surface area contributed by atoms with E-state index in [0.717, 1.165) is 42.3 Å². The van der Waals surface area contributed by atoms with Crippen LogP contribution in [0.4, 0.5) is 0 Å². The molecule has 0 saturated carbocycles. The summed E-state index contributed by atoms with van der Waals surface area (Å²) in [6, 6.07) is 5.83. The first-order valence-corrected chi connectivity index (χ1v) is 8.66.